The first kappa shape index (κ1) is 15.4. The molecule has 2 aromatic carbocycles. The van der Waals surface area contributed by atoms with Crippen LogP contribution in [-0.4, -0.2) is 21.1 Å². The van der Waals surface area contributed by atoms with E-state index < -0.39 is 0 Å². The summed E-state index contributed by atoms with van der Waals surface area (Å²) in [4.78, 5) is 0. The van der Waals surface area contributed by atoms with Crippen molar-refractivity contribution in [3.05, 3.63) is 70.0 Å². The largest absolute Gasteiger partial charge is 0.250 e. The predicted molar refractivity (Wildman–Crippen MR) is 96.4 cm³/mol. The van der Waals surface area contributed by atoms with E-state index in [9.17, 15) is 0 Å². The van der Waals surface area contributed by atoms with E-state index in [0.29, 0.717) is 10.6 Å². The SMILES string of the molecule is CCc1ccc(/C=N\n2c(-c3cccc(C)c3)n[nH]c2=S)cc1. The molecule has 5 heteroatoms. The van der Waals surface area contributed by atoms with Crippen molar-refractivity contribution in [2.45, 2.75) is 20.3 Å². The molecule has 1 aromatic heterocycles. The van der Waals surface area contributed by atoms with Gasteiger partial charge in [0.25, 0.3) is 0 Å². The van der Waals surface area contributed by atoms with Crippen molar-refractivity contribution in [3.8, 4) is 11.4 Å². The molecular formula is C18H18N4S. The molecule has 3 aromatic rings. The van der Waals surface area contributed by atoms with E-state index in [1.165, 1.54) is 11.1 Å². The van der Waals surface area contributed by atoms with Crippen molar-refractivity contribution in [1.82, 2.24) is 14.9 Å². The molecule has 0 spiro atoms. The second-order valence-electron chi connectivity index (χ2n) is 5.37. The summed E-state index contributed by atoms with van der Waals surface area (Å²) in [5.41, 5.74) is 4.49. The molecule has 116 valence electrons. The van der Waals surface area contributed by atoms with Crippen molar-refractivity contribution in [3.63, 3.8) is 0 Å². The van der Waals surface area contributed by atoms with Crippen LogP contribution in [-0.2, 0) is 6.42 Å². The zero-order valence-electron chi connectivity index (χ0n) is 13.2. The van der Waals surface area contributed by atoms with Crippen LogP contribution < -0.4 is 0 Å². The highest BCUT2D eigenvalue weighted by atomic mass is 32.1. The zero-order valence-corrected chi connectivity index (χ0v) is 14.0. The smallest absolute Gasteiger partial charge is 0.216 e. The first-order valence-electron chi connectivity index (χ1n) is 7.55. The van der Waals surface area contributed by atoms with Gasteiger partial charge in [0.15, 0.2) is 5.82 Å². The van der Waals surface area contributed by atoms with Gasteiger partial charge in [0.05, 0.1) is 6.21 Å². The third-order valence-electron chi connectivity index (χ3n) is 3.64. The number of H-pyrrole nitrogens is 1. The van der Waals surface area contributed by atoms with Gasteiger partial charge in [-0.25, -0.2) is 5.10 Å². The molecule has 4 nitrogen and oxygen atoms in total. The summed E-state index contributed by atoms with van der Waals surface area (Å²) in [5.74, 6) is 0.708. The molecule has 0 atom stereocenters. The fourth-order valence-electron chi connectivity index (χ4n) is 2.33. The molecule has 0 aliphatic carbocycles. The van der Waals surface area contributed by atoms with Gasteiger partial charge in [0, 0.05) is 5.56 Å². The lowest BCUT2D eigenvalue weighted by molar-refractivity contribution is 0.871. The third kappa shape index (κ3) is 3.46. The number of aromatic nitrogens is 3. The van der Waals surface area contributed by atoms with E-state index in [1.54, 1.807) is 10.9 Å². The molecule has 0 amide bonds. The second-order valence-corrected chi connectivity index (χ2v) is 5.76. The molecule has 23 heavy (non-hydrogen) atoms. The lowest BCUT2D eigenvalue weighted by Gasteiger charge is -2.02. The Bertz CT molecular complexity index is 888. The van der Waals surface area contributed by atoms with Gasteiger partial charge >= 0.3 is 0 Å². The van der Waals surface area contributed by atoms with Crippen LogP contribution in [0.1, 0.15) is 23.6 Å². The lowest BCUT2D eigenvalue weighted by Crippen LogP contribution is -1.95. The normalized spacial score (nSPS) is 11.2. The monoisotopic (exact) mass is 322 g/mol. The quantitative estimate of drug-likeness (QED) is 0.573. The number of aryl methyl sites for hydroxylation is 2. The van der Waals surface area contributed by atoms with Crippen molar-refractivity contribution in [2.75, 3.05) is 0 Å². The summed E-state index contributed by atoms with van der Waals surface area (Å²) < 4.78 is 2.13. The molecule has 0 radical (unpaired) electrons. The highest BCUT2D eigenvalue weighted by Crippen LogP contribution is 2.18. The van der Waals surface area contributed by atoms with Crippen LogP contribution in [0.5, 0.6) is 0 Å². The Morgan fingerprint density at radius 2 is 2.00 bits per heavy atom. The van der Waals surface area contributed by atoms with E-state index in [0.717, 1.165) is 17.5 Å². The Morgan fingerprint density at radius 1 is 1.22 bits per heavy atom. The molecule has 1 heterocycles. The molecule has 0 fully saturated rings. The Balaban J connectivity index is 1.95. The lowest BCUT2D eigenvalue weighted by atomic mass is 10.1. The standard InChI is InChI=1S/C18H18N4S/c1-3-14-7-9-15(10-8-14)12-19-22-17(20-21-18(22)23)16-6-4-5-13(2)11-16/h4-12H,3H2,1-2H3,(H,21,23)/b19-12-. The summed E-state index contributed by atoms with van der Waals surface area (Å²) in [5, 5.41) is 11.6. The van der Waals surface area contributed by atoms with Crippen LogP contribution in [0.3, 0.4) is 0 Å². The van der Waals surface area contributed by atoms with Crippen molar-refractivity contribution < 1.29 is 0 Å². The summed E-state index contributed by atoms with van der Waals surface area (Å²) >= 11 is 5.29. The minimum Gasteiger partial charge on any atom is -0.250 e. The second kappa shape index (κ2) is 6.71. The van der Waals surface area contributed by atoms with E-state index in [1.807, 2.05) is 25.1 Å². The van der Waals surface area contributed by atoms with Crippen molar-refractivity contribution in [1.29, 1.82) is 0 Å². The van der Waals surface area contributed by atoms with Gasteiger partial charge < -0.3 is 0 Å². The molecule has 0 saturated carbocycles. The van der Waals surface area contributed by atoms with Crippen LogP contribution in [0.25, 0.3) is 11.4 Å². The maximum atomic E-state index is 5.29. The first-order chi connectivity index (χ1) is 11.2. The van der Waals surface area contributed by atoms with Gasteiger partial charge in [0.1, 0.15) is 0 Å². The number of hydrogen-bond acceptors (Lipinski definition) is 3. The third-order valence-corrected chi connectivity index (χ3v) is 3.90. The highest BCUT2D eigenvalue weighted by Gasteiger charge is 2.07. The average molecular weight is 322 g/mol. The van der Waals surface area contributed by atoms with Gasteiger partial charge in [-0.05, 0) is 42.8 Å². The average Bonchev–Trinajstić information content (AvgIpc) is 2.94. The summed E-state index contributed by atoms with van der Waals surface area (Å²) in [6.07, 6.45) is 2.83. The Kier molecular flexibility index (Phi) is 4.48. The molecular weight excluding hydrogens is 304 g/mol. The highest BCUT2D eigenvalue weighted by molar-refractivity contribution is 7.71. The molecule has 0 unspecified atom stereocenters. The molecule has 0 saturated heterocycles. The number of nitrogens with one attached hydrogen (secondary N) is 1. The van der Waals surface area contributed by atoms with E-state index in [4.69, 9.17) is 12.2 Å². The van der Waals surface area contributed by atoms with Crippen molar-refractivity contribution >= 4 is 18.4 Å². The number of benzene rings is 2. The predicted octanol–water partition coefficient (Wildman–Crippen LogP) is 4.36. The van der Waals surface area contributed by atoms with Crippen molar-refractivity contribution in [2.24, 2.45) is 5.10 Å². The van der Waals surface area contributed by atoms with Gasteiger partial charge in [-0.2, -0.15) is 14.9 Å². The van der Waals surface area contributed by atoms with Crippen LogP contribution in [0, 0.1) is 11.7 Å². The number of nitrogens with zero attached hydrogens (tertiary/aromatic N) is 3. The van der Waals surface area contributed by atoms with Crippen LogP contribution in [0.15, 0.2) is 53.6 Å². The minimum absolute atomic E-state index is 0.475. The topological polar surface area (TPSA) is 46.0 Å². The molecule has 3 rings (SSSR count). The Hall–Kier alpha value is -2.53. The Labute approximate surface area is 140 Å². The maximum Gasteiger partial charge on any atom is 0.216 e. The molecule has 1 N–H and O–H groups in total. The summed E-state index contributed by atoms with van der Waals surface area (Å²) in [7, 11) is 0. The number of aromatic amines is 1. The van der Waals surface area contributed by atoms with Crippen LogP contribution in [0.4, 0.5) is 0 Å². The Morgan fingerprint density at radius 3 is 2.70 bits per heavy atom. The fraction of sp³-hybridized carbons (Fsp3) is 0.167. The van der Waals surface area contributed by atoms with Crippen LogP contribution in [0.2, 0.25) is 0 Å². The first-order valence-corrected chi connectivity index (χ1v) is 7.96. The summed E-state index contributed by atoms with van der Waals surface area (Å²) in [6.45, 7) is 4.19. The molecule has 0 aliphatic rings. The van der Waals surface area contributed by atoms with E-state index in [2.05, 4.69) is 52.6 Å². The summed E-state index contributed by atoms with van der Waals surface area (Å²) in [6, 6.07) is 16.4. The molecule has 0 aliphatic heterocycles. The van der Waals surface area contributed by atoms with E-state index in [-0.39, 0.29) is 0 Å². The number of hydrogen-bond donors (Lipinski definition) is 1. The molecule has 0 bridgehead atoms. The van der Waals surface area contributed by atoms with Gasteiger partial charge in [-0.3, -0.25) is 0 Å². The van der Waals surface area contributed by atoms with Crippen LogP contribution >= 0.6 is 12.2 Å². The maximum absolute atomic E-state index is 5.29. The van der Waals surface area contributed by atoms with Gasteiger partial charge in [0.2, 0.25) is 4.77 Å². The van der Waals surface area contributed by atoms with E-state index >= 15 is 0 Å². The minimum atomic E-state index is 0.475. The fourth-order valence-corrected chi connectivity index (χ4v) is 2.51. The zero-order chi connectivity index (χ0) is 16.2. The number of rotatable bonds is 4. The van der Waals surface area contributed by atoms with Gasteiger partial charge in [-0.1, -0.05) is 55.0 Å². The van der Waals surface area contributed by atoms with Gasteiger partial charge in [-0.15, -0.1) is 0 Å².